The number of piperidine rings is 1. The van der Waals surface area contributed by atoms with Crippen LogP contribution >= 0.6 is 0 Å². The van der Waals surface area contributed by atoms with Gasteiger partial charge in [-0.25, -0.2) is 0 Å². The Balaban J connectivity index is 1.65. The standard InChI is InChI=1S/C19H24N2O2/c1-19(13-17(22)21-10-5-2-6-11-21)18-15(9-12-23-19)14-7-3-4-8-16(14)20-18/h3-4,7-8,20H,2,5-6,9-13H2,1H3. The molecule has 2 aliphatic rings. The van der Waals surface area contributed by atoms with Gasteiger partial charge in [0.25, 0.3) is 0 Å². The number of rotatable bonds is 2. The van der Waals surface area contributed by atoms with E-state index < -0.39 is 5.60 Å². The predicted molar refractivity (Wildman–Crippen MR) is 90.4 cm³/mol. The molecule has 1 atom stereocenters. The van der Waals surface area contributed by atoms with Crippen molar-refractivity contribution in [3.63, 3.8) is 0 Å². The molecule has 1 amide bonds. The Hall–Kier alpha value is -1.81. The molecule has 0 aliphatic carbocycles. The summed E-state index contributed by atoms with van der Waals surface area (Å²) in [6.07, 6.45) is 4.82. The molecule has 0 bridgehead atoms. The number of hydrogen-bond acceptors (Lipinski definition) is 2. The highest BCUT2D eigenvalue weighted by atomic mass is 16.5. The largest absolute Gasteiger partial charge is 0.368 e. The number of nitrogens with zero attached hydrogens (tertiary/aromatic N) is 1. The first-order chi connectivity index (χ1) is 11.2. The van der Waals surface area contributed by atoms with Gasteiger partial charge in [0.15, 0.2) is 0 Å². The molecule has 2 aliphatic heterocycles. The quantitative estimate of drug-likeness (QED) is 0.924. The van der Waals surface area contributed by atoms with Crippen LogP contribution in [-0.4, -0.2) is 35.5 Å². The third-order valence-electron chi connectivity index (χ3n) is 5.31. The van der Waals surface area contributed by atoms with Crippen LogP contribution in [0.2, 0.25) is 0 Å². The molecule has 2 aromatic rings. The van der Waals surface area contributed by atoms with E-state index in [4.69, 9.17) is 4.74 Å². The van der Waals surface area contributed by atoms with Gasteiger partial charge in [-0.1, -0.05) is 18.2 Å². The summed E-state index contributed by atoms with van der Waals surface area (Å²) in [5.74, 6) is 0.221. The van der Waals surface area contributed by atoms with Crippen LogP contribution in [0.4, 0.5) is 0 Å². The third-order valence-corrected chi connectivity index (χ3v) is 5.31. The molecular formula is C19H24N2O2. The maximum absolute atomic E-state index is 12.7. The molecule has 0 saturated carbocycles. The lowest BCUT2D eigenvalue weighted by Gasteiger charge is -2.36. The van der Waals surface area contributed by atoms with Crippen LogP contribution in [-0.2, 0) is 21.6 Å². The lowest BCUT2D eigenvalue weighted by atomic mass is 9.89. The Morgan fingerprint density at radius 3 is 2.87 bits per heavy atom. The third kappa shape index (κ3) is 2.55. The number of amides is 1. The van der Waals surface area contributed by atoms with Gasteiger partial charge in [0.2, 0.25) is 5.91 Å². The average Bonchev–Trinajstić information content (AvgIpc) is 2.96. The van der Waals surface area contributed by atoms with E-state index in [0.29, 0.717) is 13.0 Å². The molecule has 1 saturated heterocycles. The Morgan fingerprint density at radius 2 is 2.04 bits per heavy atom. The van der Waals surface area contributed by atoms with Crippen molar-refractivity contribution in [1.82, 2.24) is 9.88 Å². The molecule has 1 fully saturated rings. The molecule has 4 rings (SSSR count). The Kier molecular flexibility index (Phi) is 3.64. The fourth-order valence-corrected chi connectivity index (χ4v) is 4.04. The highest BCUT2D eigenvalue weighted by Gasteiger charge is 2.39. The zero-order chi connectivity index (χ0) is 15.9. The Labute approximate surface area is 136 Å². The second-order valence-corrected chi connectivity index (χ2v) is 6.97. The summed E-state index contributed by atoms with van der Waals surface area (Å²) in [4.78, 5) is 18.3. The summed E-state index contributed by atoms with van der Waals surface area (Å²) in [7, 11) is 0. The molecule has 3 heterocycles. The summed E-state index contributed by atoms with van der Waals surface area (Å²) in [6.45, 7) is 4.53. The van der Waals surface area contributed by atoms with Gasteiger partial charge in [-0.3, -0.25) is 4.79 Å². The van der Waals surface area contributed by atoms with Crippen LogP contribution in [0.15, 0.2) is 24.3 Å². The first-order valence-electron chi connectivity index (χ1n) is 8.69. The maximum atomic E-state index is 12.7. The number of nitrogens with one attached hydrogen (secondary N) is 1. The van der Waals surface area contributed by atoms with Gasteiger partial charge in [0.1, 0.15) is 5.60 Å². The van der Waals surface area contributed by atoms with Crippen LogP contribution < -0.4 is 0 Å². The van der Waals surface area contributed by atoms with E-state index >= 15 is 0 Å². The molecule has 1 aromatic heterocycles. The fraction of sp³-hybridized carbons (Fsp3) is 0.526. The first-order valence-corrected chi connectivity index (χ1v) is 8.69. The highest BCUT2D eigenvalue weighted by molar-refractivity contribution is 5.86. The van der Waals surface area contributed by atoms with Crippen molar-refractivity contribution >= 4 is 16.8 Å². The molecule has 0 radical (unpaired) electrons. The van der Waals surface area contributed by atoms with Crippen LogP contribution in [0.25, 0.3) is 10.9 Å². The average molecular weight is 312 g/mol. The summed E-state index contributed by atoms with van der Waals surface area (Å²) in [6, 6.07) is 8.37. The van der Waals surface area contributed by atoms with Crippen LogP contribution in [0.3, 0.4) is 0 Å². The minimum absolute atomic E-state index is 0.221. The zero-order valence-corrected chi connectivity index (χ0v) is 13.7. The van der Waals surface area contributed by atoms with Crippen molar-refractivity contribution in [2.24, 2.45) is 0 Å². The number of aromatic amines is 1. The molecule has 1 aromatic carbocycles. The van der Waals surface area contributed by atoms with E-state index in [1.165, 1.54) is 17.4 Å². The van der Waals surface area contributed by atoms with E-state index in [2.05, 4.69) is 30.1 Å². The van der Waals surface area contributed by atoms with Gasteiger partial charge in [-0.05, 0) is 44.2 Å². The molecule has 4 heteroatoms. The molecule has 23 heavy (non-hydrogen) atoms. The normalized spacial score (nSPS) is 24.7. The van der Waals surface area contributed by atoms with Gasteiger partial charge in [0.05, 0.1) is 18.7 Å². The Bertz CT molecular complexity index is 730. The van der Waals surface area contributed by atoms with Gasteiger partial charge in [-0.15, -0.1) is 0 Å². The molecule has 4 nitrogen and oxygen atoms in total. The summed E-state index contributed by atoms with van der Waals surface area (Å²) < 4.78 is 6.10. The summed E-state index contributed by atoms with van der Waals surface area (Å²) >= 11 is 0. The lowest BCUT2D eigenvalue weighted by Crippen LogP contribution is -2.42. The Morgan fingerprint density at radius 1 is 1.26 bits per heavy atom. The zero-order valence-electron chi connectivity index (χ0n) is 13.7. The fourth-order valence-electron chi connectivity index (χ4n) is 4.04. The smallest absolute Gasteiger partial charge is 0.225 e. The SMILES string of the molecule is CC1(CC(=O)N2CCCCC2)OCCc2c1[nH]c1ccccc21. The number of benzene rings is 1. The van der Waals surface area contributed by atoms with Crippen molar-refractivity contribution in [3.05, 3.63) is 35.5 Å². The van der Waals surface area contributed by atoms with Crippen molar-refractivity contribution in [3.8, 4) is 0 Å². The predicted octanol–water partition coefficient (Wildman–Crippen LogP) is 3.36. The molecule has 1 unspecified atom stereocenters. The van der Waals surface area contributed by atoms with Crippen LogP contribution in [0.1, 0.15) is 43.9 Å². The van der Waals surface area contributed by atoms with E-state index in [1.807, 2.05) is 11.0 Å². The number of para-hydroxylation sites is 1. The number of carbonyl (C=O) groups is 1. The minimum Gasteiger partial charge on any atom is -0.368 e. The van der Waals surface area contributed by atoms with Crippen molar-refractivity contribution in [1.29, 1.82) is 0 Å². The van der Waals surface area contributed by atoms with Crippen LogP contribution in [0, 0.1) is 0 Å². The van der Waals surface area contributed by atoms with E-state index in [-0.39, 0.29) is 5.91 Å². The molecular weight excluding hydrogens is 288 g/mol. The highest BCUT2D eigenvalue weighted by Crippen LogP contribution is 2.39. The number of carbonyl (C=O) groups excluding carboxylic acids is 1. The molecule has 122 valence electrons. The number of hydrogen-bond donors (Lipinski definition) is 1. The second-order valence-electron chi connectivity index (χ2n) is 6.97. The minimum atomic E-state index is -0.541. The van der Waals surface area contributed by atoms with Crippen molar-refractivity contribution < 1.29 is 9.53 Å². The van der Waals surface area contributed by atoms with E-state index in [9.17, 15) is 4.79 Å². The molecule has 1 N–H and O–H groups in total. The number of aromatic nitrogens is 1. The van der Waals surface area contributed by atoms with Crippen molar-refractivity contribution in [2.45, 2.75) is 44.6 Å². The number of likely N-dealkylation sites (tertiary alicyclic amines) is 1. The van der Waals surface area contributed by atoms with Crippen molar-refractivity contribution in [2.75, 3.05) is 19.7 Å². The summed E-state index contributed by atoms with van der Waals surface area (Å²) in [5, 5.41) is 1.27. The maximum Gasteiger partial charge on any atom is 0.225 e. The number of ether oxygens (including phenoxy) is 1. The van der Waals surface area contributed by atoms with Gasteiger partial charge < -0.3 is 14.6 Å². The molecule has 0 spiro atoms. The summed E-state index contributed by atoms with van der Waals surface area (Å²) in [5.41, 5.74) is 3.01. The van der Waals surface area contributed by atoms with Gasteiger partial charge in [0, 0.05) is 24.0 Å². The van der Waals surface area contributed by atoms with Gasteiger partial charge >= 0.3 is 0 Å². The van der Waals surface area contributed by atoms with Crippen LogP contribution in [0.5, 0.6) is 0 Å². The van der Waals surface area contributed by atoms with E-state index in [1.54, 1.807) is 0 Å². The number of H-pyrrole nitrogens is 1. The second kappa shape index (κ2) is 5.68. The number of fused-ring (bicyclic) bond motifs is 3. The monoisotopic (exact) mass is 312 g/mol. The topological polar surface area (TPSA) is 45.3 Å². The van der Waals surface area contributed by atoms with Gasteiger partial charge in [-0.2, -0.15) is 0 Å². The van der Waals surface area contributed by atoms with E-state index in [0.717, 1.165) is 43.6 Å². The first kappa shape index (κ1) is 14.8. The lowest BCUT2D eigenvalue weighted by molar-refractivity contribution is -0.141.